The van der Waals surface area contributed by atoms with Crippen LogP contribution in [0.1, 0.15) is 56.7 Å². The topological polar surface area (TPSA) is 62.4 Å². The first kappa shape index (κ1) is 16.8. The Kier molecular flexibility index (Phi) is 4.76. The molecule has 3 rings (SSSR count). The van der Waals surface area contributed by atoms with Gasteiger partial charge in [-0.3, -0.25) is 4.79 Å². The maximum atomic E-state index is 13.1. The third kappa shape index (κ3) is 3.24. The average Bonchev–Trinajstić information content (AvgIpc) is 3.16. The van der Waals surface area contributed by atoms with Gasteiger partial charge in [0.1, 0.15) is 5.69 Å². The Morgan fingerprint density at radius 2 is 2.12 bits per heavy atom. The minimum atomic E-state index is -0.376. The third-order valence-electron chi connectivity index (χ3n) is 4.29. The number of aromatic nitrogens is 1. The van der Waals surface area contributed by atoms with Crippen LogP contribution in [-0.4, -0.2) is 34.4 Å². The molecule has 2 aromatic rings. The smallest absolute Gasteiger partial charge is 0.340 e. The van der Waals surface area contributed by atoms with Gasteiger partial charge in [0.05, 0.1) is 18.7 Å². The van der Waals surface area contributed by atoms with Gasteiger partial charge in [-0.2, -0.15) is 0 Å². The van der Waals surface area contributed by atoms with Crippen LogP contribution in [0, 0.1) is 13.8 Å². The Bertz CT molecular complexity index is 745. The van der Waals surface area contributed by atoms with Gasteiger partial charge in [0, 0.05) is 16.6 Å². The van der Waals surface area contributed by atoms with Crippen LogP contribution in [0.3, 0.4) is 0 Å². The van der Waals surface area contributed by atoms with Crippen LogP contribution in [0.4, 0.5) is 0 Å². The average molecular weight is 346 g/mol. The number of nitrogens with one attached hydrogen (secondary N) is 1. The van der Waals surface area contributed by atoms with Crippen LogP contribution < -0.4 is 0 Å². The summed E-state index contributed by atoms with van der Waals surface area (Å²) in [6.45, 7) is 6.32. The van der Waals surface area contributed by atoms with E-state index in [-0.39, 0.29) is 11.9 Å². The molecule has 1 saturated carbocycles. The summed E-state index contributed by atoms with van der Waals surface area (Å²) in [6.07, 6.45) is 2.08. The van der Waals surface area contributed by atoms with Gasteiger partial charge in [0.25, 0.3) is 5.91 Å². The summed E-state index contributed by atoms with van der Waals surface area (Å²) in [5.74, 6) is -0.416. The van der Waals surface area contributed by atoms with Crippen molar-refractivity contribution in [2.45, 2.75) is 46.2 Å². The van der Waals surface area contributed by atoms with Crippen LogP contribution >= 0.6 is 11.3 Å². The first-order valence-corrected chi connectivity index (χ1v) is 9.10. The number of amides is 1. The molecule has 24 heavy (non-hydrogen) atoms. The second-order valence-electron chi connectivity index (χ2n) is 6.09. The fourth-order valence-corrected chi connectivity index (χ4v) is 3.64. The van der Waals surface area contributed by atoms with Crippen molar-refractivity contribution in [1.29, 1.82) is 0 Å². The lowest BCUT2D eigenvalue weighted by atomic mass is 10.1. The van der Waals surface area contributed by atoms with Crippen molar-refractivity contribution in [2.75, 3.05) is 6.61 Å². The van der Waals surface area contributed by atoms with E-state index in [4.69, 9.17) is 4.74 Å². The lowest BCUT2D eigenvalue weighted by Gasteiger charge is -2.21. The number of hydrogen-bond acceptors (Lipinski definition) is 4. The van der Waals surface area contributed by atoms with Crippen molar-refractivity contribution in [3.05, 3.63) is 44.9 Å². The molecule has 0 aromatic carbocycles. The Morgan fingerprint density at radius 3 is 2.71 bits per heavy atom. The number of H-pyrrole nitrogens is 1. The first-order chi connectivity index (χ1) is 11.5. The van der Waals surface area contributed by atoms with Gasteiger partial charge in [-0.05, 0) is 50.6 Å². The fraction of sp³-hybridized carbons (Fsp3) is 0.444. The summed E-state index contributed by atoms with van der Waals surface area (Å²) >= 11 is 1.65. The summed E-state index contributed by atoms with van der Waals surface area (Å²) in [5.41, 5.74) is 2.33. The Labute approximate surface area is 145 Å². The standard InChI is InChI=1S/C18H22N2O3S/c1-4-23-18(22)15-11(2)16(19-12(15)3)17(21)20(13-7-8-13)10-14-6-5-9-24-14/h5-6,9,13,19H,4,7-8,10H2,1-3H3. The van der Waals surface area contributed by atoms with Gasteiger partial charge in [-0.15, -0.1) is 11.3 Å². The molecule has 0 spiro atoms. The zero-order valence-electron chi connectivity index (χ0n) is 14.2. The molecule has 1 N–H and O–H groups in total. The predicted molar refractivity (Wildman–Crippen MR) is 93.4 cm³/mol. The van der Waals surface area contributed by atoms with E-state index in [1.54, 1.807) is 32.1 Å². The maximum absolute atomic E-state index is 13.1. The van der Waals surface area contributed by atoms with Crippen molar-refractivity contribution >= 4 is 23.2 Å². The number of nitrogens with zero attached hydrogens (tertiary/aromatic N) is 1. The lowest BCUT2D eigenvalue weighted by molar-refractivity contribution is 0.0525. The minimum absolute atomic E-state index is 0.0398. The number of esters is 1. The van der Waals surface area contributed by atoms with E-state index in [0.717, 1.165) is 12.8 Å². The summed E-state index contributed by atoms with van der Waals surface area (Å²) in [7, 11) is 0. The van der Waals surface area contributed by atoms with Crippen molar-refractivity contribution in [1.82, 2.24) is 9.88 Å². The highest BCUT2D eigenvalue weighted by atomic mass is 32.1. The van der Waals surface area contributed by atoms with Crippen LogP contribution in [0.25, 0.3) is 0 Å². The van der Waals surface area contributed by atoms with Crippen molar-refractivity contribution in [2.24, 2.45) is 0 Å². The van der Waals surface area contributed by atoms with Crippen molar-refractivity contribution in [3.8, 4) is 0 Å². The molecule has 6 heteroatoms. The molecule has 1 aliphatic rings. The molecule has 1 aliphatic carbocycles. The molecule has 0 bridgehead atoms. The molecule has 1 fully saturated rings. The Balaban J connectivity index is 1.88. The Hall–Kier alpha value is -2.08. The number of hydrogen-bond donors (Lipinski definition) is 1. The summed E-state index contributed by atoms with van der Waals surface area (Å²) in [5, 5.41) is 2.02. The molecule has 128 valence electrons. The van der Waals surface area contributed by atoms with E-state index in [0.29, 0.717) is 41.7 Å². The molecule has 0 saturated heterocycles. The van der Waals surface area contributed by atoms with Crippen LogP contribution in [0.5, 0.6) is 0 Å². The lowest BCUT2D eigenvalue weighted by Crippen LogP contribution is -2.33. The Morgan fingerprint density at radius 1 is 1.38 bits per heavy atom. The van der Waals surface area contributed by atoms with E-state index in [9.17, 15) is 9.59 Å². The first-order valence-electron chi connectivity index (χ1n) is 8.22. The van der Waals surface area contributed by atoms with Crippen molar-refractivity contribution < 1.29 is 14.3 Å². The zero-order valence-corrected chi connectivity index (χ0v) is 15.0. The third-order valence-corrected chi connectivity index (χ3v) is 5.15. The highest BCUT2D eigenvalue weighted by Gasteiger charge is 2.35. The van der Waals surface area contributed by atoms with E-state index in [1.807, 2.05) is 22.4 Å². The van der Waals surface area contributed by atoms with Crippen molar-refractivity contribution in [3.63, 3.8) is 0 Å². The molecular formula is C18H22N2O3S. The van der Waals surface area contributed by atoms with Gasteiger partial charge in [0.15, 0.2) is 0 Å². The molecule has 5 nitrogen and oxygen atoms in total. The van der Waals surface area contributed by atoms with E-state index >= 15 is 0 Å². The number of carbonyl (C=O) groups is 2. The van der Waals surface area contributed by atoms with Gasteiger partial charge in [-0.1, -0.05) is 6.07 Å². The fourth-order valence-electron chi connectivity index (χ4n) is 2.94. The summed E-state index contributed by atoms with van der Waals surface area (Å²) in [6, 6.07) is 4.34. The number of rotatable bonds is 6. The second-order valence-corrected chi connectivity index (χ2v) is 7.12. The molecule has 0 radical (unpaired) electrons. The second kappa shape index (κ2) is 6.81. The van der Waals surface area contributed by atoms with E-state index in [2.05, 4.69) is 4.98 Å². The summed E-state index contributed by atoms with van der Waals surface area (Å²) < 4.78 is 5.11. The number of ether oxygens (including phenoxy) is 1. The molecule has 0 aliphatic heterocycles. The number of aryl methyl sites for hydroxylation is 1. The van der Waals surface area contributed by atoms with Gasteiger partial charge >= 0.3 is 5.97 Å². The monoisotopic (exact) mass is 346 g/mol. The number of thiophene rings is 1. The normalized spacial score (nSPS) is 13.8. The molecule has 2 aromatic heterocycles. The molecule has 0 atom stereocenters. The van der Waals surface area contributed by atoms with Gasteiger partial charge in [0.2, 0.25) is 0 Å². The molecule has 1 amide bonds. The van der Waals surface area contributed by atoms with Crippen LogP contribution in [-0.2, 0) is 11.3 Å². The highest BCUT2D eigenvalue weighted by molar-refractivity contribution is 7.09. The van der Waals surface area contributed by atoms with Gasteiger partial charge in [-0.25, -0.2) is 4.79 Å². The highest BCUT2D eigenvalue weighted by Crippen LogP contribution is 2.31. The quantitative estimate of drug-likeness (QED) is 0.812. The largest absolute Gasteiger partial charge is 0.462 e. The van der Waals surface area contributed by atoms with E-state index in [1.165, 1.54) is 4.88 Å². The summed E-state index contributed by atoms with van der Waals surface area (Å²) in [4.78, 5) is 31.4. The van der Waals surface area contributed by atoms with E-state index < -0.39 is 0 Å². The molecule has 0 unspecified atom stereocenters. The molecular weight excluding hydrogens is 324 g/mol. The maximum Gasteiger partial charge on any atom is 0.340 e. The van der Waals surface area contributed by atoms with Crippen LogP contribution in [0.2, 0.25) is 0 Å². The molecule has 2 heterocycles. The predicted octanol–water partition coefficient (Wildman–Crippen LogP) is 3.67. The van der Waals surface area contributed by atoms with Crippen LogP contribution in [0.15, 0.2) is 17.5 Å². The number of carbonyl (C=O) groups excluding carboxylic acids is 2. The zero-order chi connectivity index (χ0) is 17.3. The number of aromatic amines is 1. The minimum Gasteiger partial charge on any atom is -0.462 e. The van der Waals surface area contributed by atoms with Gasteiger partial charge < -0.3 is 14.6 Å². The SMILES string of the molecule is CCOC(=O)c1c(C)[nH]c(C(=O)N(Cc2cccs2)C2CC2)c1C.